The van der Waals surface area contributed by atoms with Crippen molar-refractivity contribution in [3.8, 4) is 0 Å². The Morgan fingerprint density at radius 2 is 1.66 bits per heavy atom. The number of thiophene rings is 1. The zero-order valence-corrected chi connectivity index (χ0v) is 26.2. The van der Waals surface area contributed by atoms with Crippen LogP contribution >= 0.6 is 22.9 Å². The van der Waals surface area contributed by atoms with Gasteiger partial charge in [-0.15, -0.1) is 21.5 Å². The molecule has 2 heterocycles. The summed E-state index contributed by atoms with van der Waals surface area (Å²) in [5.41, 5.74) is 8.57. The van der Waals surface area contributed by atoms with E-state index in [1.54, 1.807) is 6.07 Å². The summed E-state index contributed by atoms with van der Waals surface area (Å²) in [7, 11) is -3.93. The minimum absolute atomic E-state index is 0.0105. The highest BCUT2D eigenvalue weighted by atomic mass is 35.5. The predicted octanol–water partition coefficient (Wildman–Crippen LogP) is 6.03. The van der Waals surface area contributed by atoms with E-state index in [-0.39, 0.29) is 27.6 Å². The second-order valence-electron chi connectivity index (χ2n) is 9.72. The fourth-order valence-electron chi connectivity index (χ4n) is 4.19. The molecule has 5 rings (SSSR count). The minimum Gasteiger partial charge on any atom is -0.475 e. The van der Waals surface area contributed by atoms with E-state index < -0.39 is 28.1 Å². The Morgan fingerprint density at radius 1 is 1.00 bits per heavy atom. The van der Waals surface area contributed by atoms with Crippen LogP contribution in [-0.4, -0.2) is 47.6 Å². The Bertz CT molecular complexity index is 2010. The van der Waals surface area contributed by atoms with Crippen LogP contribution in [0.4, 0.5) is 24.7 Å². The number of carbonyl (C=O) groups is 2. The molecule has 3 aromatic carbocycles. The largest absolute Gasteiger partial charge is 0.490 e. The first-order chi connectivity index (χ1) is 22.1. The monoisotopic (exact) mass is 704 g/mol. The minimum atomic E-state index is -5.08. The van der Waals surface area contributed by atoms with Crippen LogP contribution in [0, 0.1) is 5.41 Å². The molecule has 0 radical (unpaired) electrons. The molecule has 0 fully saturated rings. The third-order valence-corrected chi connectivity index (χ3v) is 8.99. The van der Waals surface area contributed by atoms with Crippen LogP contribution in [0.2, 0.25) is 5.15 Å². The highest BCUT2D eigenvalue weighted by Gasteiger charge is 2.38. The first-order valence-corrected chi connectivity index (χ1v) is 16.0. The topological polar surface area (TPSA) is 188 Å². The number of benzene rings is 3. The van der Waals surface area contributed by atoms with Gasteiger partial charge in [0.2, 0.25) is 5.91 Å². The Balaban J connectivity index is 0.000000644. The second kappa shape index (κ2) is 14.6. The number of amidine groups is 1. The number of anilines is 2. The number of aromatic nitrogens is 2. The van der Waals surface area contributed by atoms with Crippen molar-refractivity contribution in [3.63, 3.8) is 0 Å². The van der Waals surface area contributed by atoms with Gasteiger partial charge in [-0.05, 0) is 82.9 Å². The van der Waals surface area contributed by atoms with Crippen LogP contribution in [0.3, 0.4) is 0 Å². The molecule has 11 nitrogen and oxygen atoms in total. The number of sulfonamides is 1. The van der Waals surface area contributed by atoms with E-state index in [0.717, 1.165) is 21.2 Å². The SMILES string of the molecule is N=C(N)c1ccc2scc(C(Cc3ccccc3)C(=O)Nc3ccc(S(=O)(=O)Nc4ccc(Cl)nn4)cc3)c2c1.O=C(O)C(F)(F)F. The van der Waals surface area contributed by atoms with E-state index in [1.807, 2.05) is 47.8 Å². The summed E-state index contributed by atoms with van der Waals surface area (Å²) in [5.74, 6) is -3.57. The fourth-order valence-corrected chi connectivity index (χ4v) is 6.29. The number of amides is 1. The van der Waals surface area contributed by atoms with E-state index in [4.69, 9.17) is 32.6 Å². The van der Waals surface area contributed by atoms with Crippen molar-refractivity contribution in [1.29, 1.82) is 5.41 Å². The number of carboxylic acid groups (broad SMARTS) is 1. The normalized spacial score (nSPS) is 12.0. The maximum absolute atomic E-state index is 13.7. The summed E-state index contributed by atoms with van der Waals surface area (Å²) in [4.78, 5) is 22.6. The fraction of sp³-hybridized carbons (Fsp3) is 0.100. The van der Waals surface area contributed by atoms with Gasteiger partial charge in [-0.2, -0.15) is 13.2 Å². The molecule has 0 bridgehead atoms. The number of hydrogen-bond donors (Lipinski definition) is 5. The molecule has 0 saturated heterocycles. The summed E-state index contributed by atoms with van der Waals surface area (Å²) in [6, 6.07) is 23.9. The molecule has 6 N–H and O–H groups in total. The third kappa shape index (κ3) is 9.25. The van der Waals surface area contributed by atoms with Gasteiger partial charge < -0.3 is 16.2 Å². The Kier molecular flexibility index (Phi) is 10.8. The van der Waals surface area contributed by atoms with Crippen molar-refractivity contribution in [2.24, 2.45) is 5.73 Å². The van der Waals surface area contributed by atoms with E-state index in [0.29, 0.717) is 17.7 Å². The molecule has 0 aliphatic heterocycles. The number of nitrogens with zero attached hydrogens (tertiary/aromatic N) is 2. The third-order valence-electron chi connectivity index (χ3n) is 6.43. The van der Waals surface area contributed by atoms with Crippen molar-refractivity contribution in [2.45, 2.75) is 23.4 Å². The van der Waals surface area contributed by atoms with Gasteiger partial charge in [-0.3, -0.25) is 14.9 Å². The molecule has 244 valence electrons. The lowest BCUT2D eigenvalue weighted by atomic mass is 9.90. The van der Waals surface area contributed by atoms with Gasteiger partial charge in [0.25, 0.3) is 10.0 Å². The van der Waals surface area contributed by atoms with Gasteiger partial charge in [0.05, 0.1) is 10.8 Å². The lowest BCUT2D eigenvalue weighted by Gasteiger charge is -2.18. The van der Waals surface area contributed by atoms with Crippen LogP contribution in [0.5, 0.6) is 0 Å². The summed E-state index contributed by atoms with van der Waals surface area (Å²) >= 11 is 7.23. The van der Waals surface area contributed by atoms with Crippen molar-refractivity contribution < 1.29 is 36.3 Å². The number of hydrogen-bond acceptors (Lipinski definition) is 8. The average molecular weight is 705 g/mol. The molecular formula is C30H24ClF3N6O5S2. The maximum Gasteiger partial charge on any atom is 0.490 e. The first-order valence-electron chi connectivity index (χ1n) is 13.3. The second-order valence-corrected chi connectivity index (χ2v) is 12.7. The Hall–Kier alpha value is -5.06. The first kappa shape index (κ1) is 34.8. The quantitative estimate of drug-likeness (QED) is 0.0908. The number of fused-ring (bicyclic) bond motifs is 1. The van der Waals surface area contributed by atoms with E-state index >= 15 is 0 Å². The van der Waals surface area contributed by atoms with E-state index in [1.165, 1.54) is 47.7 Å². The number of alkyl halides is 3. The lowest BCUT2D eigenvalue weighted by molar-refractivity contribution is -0.192. The molecule has 1 unspecified atom stereocenters. The summed E-state index contributed by atoms with van der Waals surface area (Å²) < 4.78 is 60.6. The van der Waals surface area contributed by atoms with Gasteiger partial charge in [0, 0.05) is 16.0 Å². The summed E-state index contributed by atoms with van der Waals surface area (Å²) in [6.07, 6.45) is -4.64. The maximum atomic E-state index is 13.7. The van der Waals surface area contributed by atoms with E-state index in [2.05, 4.69) is 20.2 Å². The molecule has 5 aromatic rings. The summed E-state index contributed by atoms with van der Waals surface area (Å²) in [6.45, 7) is 0. The van der Waals surface area contributed by atoms with Crippen molar-refractivity contribution in [1.82, 2.24) is 10.2 Å². The highest BCUT2D eigenvalue weighted by molar-refractivity contribution is 7.92. The highest BCUT2D eigenvalue weighted by Crippen LogP contribution is 2.35. The molecule has 2 aromatic heterocycles. The van der Waals surface area contributed by atoms with Gasteiger partial charge in [0.1, 0.15) is 5.84 Å². The molecular weight excluding hydrogens is 681 g/mol. The Labute approximate surface area is 274 Å². The summed E-state index contributed by atoms with van der Waals surface area (Å²) in [5, 5.41) is 28.2. The smallest absolute Gasteiger partial charge is 0.475 e. The Morgan fingerprint density at radius 3 is 2.23 bits per heavy atom. The molecule has 17 heteroatoms. The molecule has 1 atom stereocenters. The number of nitrogens with two attached hydrogens (primary N) is 1. The molecule has 0 saturated carbocycles. The number of nitrogen functional groups attached to an aromatic ring is 1. The lowest BCUT2D eigenvalue weighted by Crippen LogP contribution is -2.23. The molecule has 1 amide bonds. The number of halogens is 4. The van der Waals surface area contributed by atoms with Crippen LogP contribution in [0.25, 0.3) is 10.1 Å². The molecule has 47 heavy (non-hydrogen) atoms. The number of aliphatic carboxylic acids is 1. The van der Waals surface area contributed by atoms with Crippen LogP contribution < -0.4 is 15.8 Å². The van der Waals surface area contributed by atoms with Gasteiger partial charge in [-0.25, -0.2) is 13.2 Å². The average Bonchev–Trinajstić information content (AvgIpc) is 3.44. The van der Waals surface area contributed by atoms with Crippen LogP contribution in [0.1, 0.15) is 22.6 Å². The molecule has 0 aliphatic rings. The number of carboxylic acids is 1. The van der Waals surface area contributed by atoms with Crippen molar-refractivity contribution in [2.75, 3.05) is 10.0 Å². The zero-order valence-electron chi connectivity index (χ0n) is 23.8. The zero-order chi connectivity index (χ0) is 34.4. The number of nitrogens with one attached hydrogen (secondary N) is 3. The standard InChI is InChI=1S/C28H23ClN6O3S2.C2HF3O2/c29-25-12-13-26(34-33-25)35-40(37,38)20-9-7-19(8-10-20)32-28(36)22(14-17-4-2-1-3-5-17)23-16-39-24-11-6-18(27(30)31)15-21(23)24;3-2(4,5)1(6)7/h1-13,15-16,22H,14H2,(H3,30,31)(H,32,36)(H,34,35);(H,6,7). The van der Waals surface area contributed by atoms with Crippen molar-refractivity contribution >= 4 is 72.3 Å². The van der Waals surface area contributed by atoms with Crippen molar-refractivity contribution in [3.05, 3.63) is 112 Å². The molecule has 0 aliphatic carbocycles. The van der Waals surface area contributed by atoms with Gasteiger partial charge >= 0.3 is 12.1 Å². The number of rotatable bonds is 9. The number of carbonyl (C=O) groups excluding carboxylic acids is 1. The van der Waals surface area contributed by atoms with Gasteiger partial charge in [0.15, 0.2) is 11.0 Å². The van der Waals surface area contributed by atoms with Crippen LogP contribution in [0.15, 0.2) is 95.2 Å². The van der Waals surface area contributed by atoms with Gasteiger partial charge in [-0.1, -0.05) is 41.9 Å². The van der Waals surface area contributed by atoms with Crippen LogP contribution in [-0.2, 0) is 26.0 Å². The molecule has 0 spiro atoms. The van der Waals surface area contributed by atoms with E-state index in [9.17, 15) is 26.4 Å². The predicted molar refractivity (Wildman–Crippen MR) is 172 cm³/mol.